The summed E-state index contributed by atoms with van der Waals surface area (Å²) in [6, 6.07) is 3.72. The Morgan fingerprint density at radius 2 is 1.80 bits per heavy atom. The molecule has 46 heavy (non-hydrogen) atoms. The molecule has 252 valence electrons. The molecule has 1 aliphatic heterocycles. The minimum atomic E-state index is -5.80. The fourth-order valence-electron chi connectivity index (χ4n) is 4.02. The van der Waals surface area contributed by atoms with Crippen molar-refractivity contribution in [1.82, 2.24) is 19.5 Å². The number of benzene rings is 1. The van der Waals surface area contributed by atoms with Crippen LogP contribution in [0.15, 0.2) is 36.9 Å². The molecule has 9 N–H and O–H groups in total. The number of anilines is 1. The van der Waals surface area contributed by atoms with Crippen LogP contribution in [0.2, 0.25) is 0 Å². The normalized spacial score (nSPS) is 23.5. The van der Waals surface area contributed by atoms with E-state index in [1.807, 2.05) is 0 Å². The Morgan fingerprint density at radius 1 is 1.13 bits per heavy atom. The maximum atomic E-state index is 13.5. The molecule has 2 aromatic heterocycles. The van der Waals surface area contributed by atoms with E-state index in [-0.39, 0.29) is 17.0 Å². The first-order valence-electron chi connectivity index (χ1n) is 12.6. The van der Waals surface area contributed by atoms with Gasteiger partial charge in [-0.15, -0.1) is 0 Å². The molecule has 1 aliphatic rings. The second-order valence-electron chi connectivity index (χ2n) is 9.38. The standard InChI is InChI=1S/C21H26N6O17P2/c22-18-13-19(24-7-23-18)26(8-25-13)20-16(32)15(31)12(42-20)6-40-46(39,44-45(36,37)38)43-17(14(30)11(29)5-28)21(33)41-10-3-1-9(2-4-10)27(34)35/h1-4,7-8,11-12,14-17,20,28-32H,5-6H2,(H2,22,23,24)(H2,36,37,38)/t11-,12-,14-,15-,16-,17-,20-,46?/m1/s1. The summed E-state index contributed by atoms with van der Waals surface area (Å²) in [5.41, 5.74) is 5.54. The Balaban J connectivity index is 1.56. The third-order valence-corrected chi connectivity index (χ3v) is 8.84. The highest BCUT2D eigenvalue weighted by molar-refractivity contribution is 7.61. The number of carbonyl (C=O) groups excluding carboxylic acids is 1. The number of nitro benzene ring substituents is 1. The Labute approximate surface area is 255 Å². The Morgan fingerprint density at radius 3 is 2.41 bits per heavy atom. The summed E-state index contributed by atoms with van der Waals surface area (Å²) < 4.78 is 50.7. The number of aromatic nitrogens is 4. The lowest BCUT2D eigenvalue weighted by Gasteiger charge is -2.28. The molecule has 23 nitrogen and oxygen atoms in total. The third kappa shape index (κ3) is 8.05. The first-order valence-corrected chi connectivity index (χ1v) is 15.6. The number of esters is 1. The van der Waals surface area contributed by atoms with Crippen molar-refractivity contribution in [2.75, 3.05) is 18.9 Å². The van der Waals surface area contributed by atoms with E-state index in [2.05, 4.69) is 19.3 Å². The number of hydrogen-bond acceptors (Lipinski definition) is 19. The van der Waals surface area contributed by atoms with Crippen molar-refractivity contribution in [1.29, 1.82) is 0 Å². The number of non-ortho nitro benzene ring substituents is 1. The van der Waals surface area contributed by atoms with Gasteiger partial charge in [-0.1, -0.05) is 0 Å². The van der Waals surface area contributed by atoms with Crippen molar-refractivity contribution in [2.24, 2.45) is 0 Å². The number of nitrogens with zero attached hydrogens (tertiary/aromatic N) is 5. The molecule has 0 saturated carbocycles. The first-order chi connectivity index (χ1) is 21.5. The minimum Gasteiger partial charge on any atom is -0.425 e. The summed E-state index contributed by atoms with van der Waals surface area (Å²) in [6.45, 7) is -2.32. The highest BCUT2D eigenvalue weighted by Gasteiger charge is 2.49. The van der Waals surface area contributed by atoms with Gasteiger partial charge in [0.05, 0.1) is 24.5 Å². The predicted molar refractivity (Wildman–Crippen MR) is 145 cm³/mol. The number of ether oxygens (including phenoxy) is 2. The smallest absolute Gasteiger partial charge is 0.425 e. The van der Waals surface area contributed by atoms with Gasteiger partial charge < -0.3 is 50.5 Å². The van der Waals surface area contributed by atoms with Crippen molar-refractivity contribution in [3.8, 4) is 5.75 Å². The summed E-state index contributed by atoms with van der Waals surface area (Å²) in [5, 5.41) is 61.7. The van der Waals surface area contributed by atoms with Gasteiger partial charge in [0.2, 0.25) is 0 Å². The van der Waals surface area contributed by atoms with E-state index in [1.54, 1.807) is 0 Å². The average molecular weight is 696 g/mol. The van der Waals surface area contributed by atoms with Crippen LogP contribution in [-0.2, 0) is 32.0 Å². The topological polar surface area (TPSA) is 352 Å². The van der Waals surface area contributed by atoms with Gasteiger partial charge in [-0.3, -0.25) is 23.7 Å². The minimum absolute atomic E-state index is 0.0143. The number of aliphatic hydroxyl groups excluding tert-OH is 5. The number of phosphoric acid groups is 2. The van der Waals surface area contributed by atoms with E-state index in [0.717, 1.165) is 36.9 Å². The van der Waals surface area contributed by atoms with Crippen molar-refractivity contribution in [2.45, 2.75) is 42.9 Å². The van der Waals surface area contributed by atoms with E-state index >= 15 is 0 Å². The summed E-state index contributed by atoms with van der Waals surface area (Å²) in [5.74, 6) is -2.12. The van der Waals surface area contributed by atoms with Gasteiger partial charge in [-0.05, 0) is 12.1 Å². The number of fused-ring (bicyclic) bond motifs is 1. The van der Waals surface area contributed by atoms with Gasteiger partial charge in [0.25, 0.3) is 5.69 Å². The van der Waals surface area contributed by atoms with Crippen LogP contribution >= 0.6 is 15.6 Å². The molecule has 0 aliphatic carbocycles. The molecule has 1 unspecified atom stereocenters. The lowest BCUT2D eigenvalue weighted by molar-refractivity contribution is -0.384. The van der Waals surface area contributed by atoms with Crippen LogP contribution in [-0.4, -0.2) is 116 Å². The Bertz CT molecular complexity index is 1650. The van der Waals surface area contributed by atoms with E-state index in [4.69, 9.17) is 24.3 Å². The number of rotatable bonds is 14. The zero-order chi connectivity index (χ0) is 34.0. The molecule has 1 fully saturated rings. The van der Waals surface area contributed by atoms with Gasteiger partial charge in [-0.2, -0.15) is 4.31 Å². The summed E-state index contributed by atoms with van der Waals surface area (Å²) in [6.07, 6.45) is -11.7. The second kappa shape index (κ2) is 14.1. The van der Waals surface area contributed by atoms with Crippen LogP contribution in [0.25, 0.3) is 11.2 Å². The molecule has 1 saturated heterocycles. The van der Waals surface area contributed by atoms with Crippen LogP contribution in [0.3, 0.4) is 0 Å². The van der Waals surface area contributed by atoms with Gasteiger partial charge in [0.15, 0.2) is 23.8 Å². The molecule has 8 atom stereocenters. The molecule has 0 spiro atoms. The summed E-state index contributed by atoms with van der Waals surface area (Å²) in [7, 11) is -11.5. The van der Waals surface area contributed by atoms with E-state index in [9.17, 15) is 59.4 Å². The zero-order valence-corrected chi connectivity index (χ0v) is 24.6. The van der Waals surface area contributed by atoms with Crippen LogP contribution in [0.4, 0.5) is 11.5 Å². The molecule has 0 radical (unpaired) electrons. The molecule has 0 amide bonds. The van der Waals surface area contributed by atoms with E-state index < -0.39 is 94.0 Å². The largest absolute Gasteiger partial charge is 0.484 e. The van der Waals surface area contributed by atoms with Crippen molar-refractivity contribution in [3.63, 3.8) is 0 Å². The molecular weight excluding hydrogens is 670 g/mol. The highest BCUT2D eigenvalue weighted by Crippen LogP contribution is 2.62. The number of nitrogen functional groups attached to an aromatic ring is 1. The molecular formula is C21H26N6O17P2. The summed E-state index contributed by atoms with van der Waals surface area (Å²) in [4.78, 5) is 53.5. The molecule has 4 rings (SSSR count). The zero-order valence-electron chi connectivity index (χ0n) is 22.8. The predicted octanol–water partition coefficient (Wildman–Crippen LogP) is -2.13. The lowest BCUT2D eigenvalue weighted by Crippen LogP contribution is -2.47. The van der Waals surface area contributed by atoms with Crippen LogP contribution in [0, 0.1) is 10.1 Å². The molecule has 0 bridgehead atoms. The molecule has 1 aromatic carbocycles. The molecule has 3 heterocycles. The number of carbonyl (C=O) groups is 1. The maximum absolute atomic E-state index is 13.5. The lowest BCUT2D eigenvalue weighted by atomic mass is 10.1. The van der Waals surface area contributed by atoms with E-state index in [1.165, 1.54) is 4.57 Å². The highest BCUT2D eigenvalue weighted by atomic mass is 31.3. The van der Waals surface area contributed by atoms with Crippen molar-refractivity contribution < 1.29 is 77.0 Å². The van der Waals surface area contributed by atoms with Gasteiger partial charge >= 0.3 is 21.6 Å². The van der Waals surface area contributed by atoms with Crippen molar-refractivity contribution >= 4 is 44.3 Å². The monoisotopic (exact) mass is 696 g/mol. The Hall–Kier alpha value is -3.54. The summed E-state index contributed by atoms with van der Waals surface area (Å²) >= 11 is 0. The quantitative estimate of drug-likeness (QED) is 0.0293. The molecule has 25 heteroatoms. The van der Waals surface area contributed by atoms with Crippen molar-refractivity contribution in [3.05, 3.63) is 47.0 Å². The van der Waals surface area contributed by atoms with Gasteiger partial charge in [0.1, 0.15) is 48.1 Å². The van der Waals surface area contributed by atoms with Crippen LogP contribution in [0.5, 0.6) is 5.75 Å². The van der Waals surface area contributed by atoms with Crippen LogP contribution in [0.1, 0.15) is 6.23 Å². The van der Waals surface area contributed by atoms with Gasteiger partial charge in [0, 0.05) is 12.1 Å². The number of aliphatic hydroxyl groups is 5. The number of nitrogens with two attached hydrogens (primary N) is 1. The number of phosphoric ester groups is 1. The Kier molecular flexibility index (Phi) is 10.8. The molecule has 3 aromatic rings. The van der Waals surface area contributed by atoms with Crippen LogP contribution < -0.4 is 10.5 Å². The second-order valence-corrected chi connectivity index (χ2v) is 12.4. The number of hydrogen-bond donors (Lipinski definition) is 8. The van der Waals surface area contributed by atoms with E-state index in [0.29, 0.717) is 0 Å². The fourth-order valence-corrected chi connectivity index (χ4v) is 6.29. The number of nitro groups is 1. The average Bonchev–Trinajstić information content (AvgIpc) is 3.54. The van der Waals surface area contributed by atoms with Gasteiger partial charge in [-0.25, -0.2) is 28.9 Å². The first kappa shape index (κ1) is 35.3. The fraction of sp³-hybridized carbons (Fsp3) is 0.429. The number of imidazole rings is 1. The SMILES string of the molecule is Nc1ncnc2c1ncn2[C@@H]1O[C@H](COP(=O)(O[C@@H](C(=O)Oc2ccc([N+](=O)[O-])cc2)[C@H](O)[C@H](O)CO)OP(=O)(O)O)[C@@H](O)[C@H]1O. The third-order valence-electron chi connectivity index (χ3n) is 6.23. The maximum Gasteiger partial charge on any atom is 0.484 e.